The van der Waals surface area contributed by atoms with Crippen molar-refractivity contribution in [3.8, 4) is 0 Å². The lowest BCUT2D eigenvalue weighted by atomic mass is 10.0. The summed E-state index contributed by atoms with van der Waals surface area (Å²) >= 11 is 0. The van der Waals surface area contributed by atoms with Crippen LogP contribution in [0.15, 0.2) is 18.2 Å². The molecule has 108 valence electrons. The van der Waals surface area contributed by atoms with Gasteiger partial charge in [0.05, 0.1) is 4.92 Å². The van der Waals surface area contributed by atoms with Crippen molar-refractivity contribution < 1.29 is 14.1 Å². The van der Waals surface area contributed by atoms with Crippen LogP contribution in [0.1, 0.15) is 43.0 Å². The van der Waals surface area contributed by atoms with Gasteiger partial charge in [0.1, 0.15) is 0 Å². The van der Waals surface area contributed by atoms with E-state index in [1.165, 1.54) is 6.07 Å². The fourth-order valence-corrected chi connectivity index (χ4v) is 2.39. The van der Waals surface area contributed by atoms with Crippen LogP contribution < -0.4 is 5.32 Å². The SMILES string of the molecule is CCCC1(CNC(=O)c2ccc(F)c([N+](=O)[O-])c2)CC1. The molecule has 5 nitrogen and oxygen atoms in total. The minimum Gasteiger partial charge on any atom is -0.351 e. The zero-order valence-electron chi connectivity index (χ0n) is 11.3. The molecule has 0 bridgehead atoms. The zero-order valence-corrected chi connectivity index (χ0v) is 11.3. The Labute approximate surface area is 116 Å². The second kappa shape index (κ2) is 5.56. The number of carbonyl (C=O) groups is 1. The Kier molecular flexibility index (Phi) is 4.01. The Bertz CT molecular complexity index is 541. The number of hydrogen-bond donors (Lipinski definition) is 1. The van der Waals surface area contributed by atoms with Crippen molar-refractivity contribution in [1.29, 1.82) is 0 Å². The third-order valence-corrected chi connectivity index (χ3v) is 3.77. The molecule has 1 aliphatic carbocycles. The topological polar surface area (TPSA) is 72.2 Å². The number of carbonyl (C=O) groups excluding carboxylic acids is 1. The van der Waals surface area contributed by atoms with Crippen molar-refractivity contribution in [1.82, 2.24) is 5.32 Å². The van der Waals surface area contributed by atoms with E-state index in [1.807, 2.05) is 0 Å². The quantitative estimate of drug-likeness (QED) is 0.643. The summed E-state index contributed by atoms with van der Waals surface area (Å²) in [6.45, 7) is 2.68. The lowest BCUT2D eigenvalue weighted by molar-refractivity contribution is -0.387. The van der Waals surface area contributed by atoms with Crippen LogP contribution in [-0.2, 0) is 0 Å². The second-order valence-corrected chi connectivity index (χ2v) is 5.36. The van der Waals surface area contributed by atoms with Crippen LogP contribution in [0.5, 0.6) is 0 Å². The summed E-state index contributed by atoms with van der Waals surface area (Å²) in [4.78, 5) is 21.8. The molecule has 0 heterocycles. The molecule has 0 saturated heterocycles. The molecule has 6 heteroatoms. The van der Waals surface area contributed by atoms with E-state index in [0.717, 1.165) is 37.8 Å². The van der Waals surface area contributed by atoms with Gasteiger partial charge in [0.15, 0.2) is 0 Å². The number of nitrogens with one attached hydrogen (secondary N) is 1. The molecule has 1 amide bonds. The first-order valence-corrected chi connectivity index (χ1v) is 6.69. The molecule has 1 fully saturated rings. The van der Waals surface area contributed by atoms with Gasteiger partial charge in [-0.05, 0) is 36.8 Å². The van der Waals surface area contributed by atoms with Gasteiger partial charge in [0.25, 0.3) is 5.91 Å². The predicted molar refractivity (Wildman–Crippen MR) is 72.0 cm³/mol. The monoisotopic (exact) mass is 280 g/mol. The molecular formula is C14H17FN2O3. The highest BCUT2D eigenvalue weighted by atomic mass is 19.1. The van der Waals surface area contributed by atoms with Crippen molar-refractivity contribution in [2.75, 3.05) is 6.54 Å². The lowest BCUT2D eigenvalue weighted by Crippen LogP contribution is -2.30. The molecule has 0 spiro atoms. The summed E-state index contributed by atoms with van der Waals surface area (Å²) in [6.07, 6.45) is 4.34. The maximum atomic E-state index is 13.2. The molecule has 0 unspecified atom stereocenters. The molecule has 1 saturated carbocycles. The summed E-state index contributed by atoms with van der Waals surface area (Å²) in [5.74, 6) is -1.33. The van der Waals surface area contributed by atoms with Crippen molar-refractivity contribution >= 4 is 11.6 Å². The standard InChI is InChI=1S/C14H17FN2O3/c1-2-5-14(6-7-14)9-16-13(18)10-3-4-11(15)12(8-10)17(19)20/h3-4,8H,2,5-7,9H2,1H3,(H,16,18). The number of benzene rings is 1. The van der Waals surface area contributed by atoms with E-state index >= 15 is 0 Å². The first-order chi connectivity index (χ1) is 9.47. The van der Waals surface area contributed by atoms with E-state index in [0.29, 0.717) is 6.54 Å². The van der Waals surface area contributed by atoms with Gasteiger partial charge >= 0.3 is 5.69 Å². The highest BCUT2D eigenvalue weighted by Gasteiger charge is 2.41. The van der Waals surface area contributed by atoms with Gasteiger partial charge in [-0.3, -0.25) is 14.9 Å². The van der Waals surface area contributed by atoms with Gasteiger partial charge in [-0.1, -0.05) is 13.3 Å². The summed E-state index contributed by atoms with van der Waals surface area (Å²) in [5, 5.41) is 13.4. The first kappa shape index (κ1) is 14.4. The maximum Gasteiger partial charge on any atom is 0.305 e. The summed E-state index contributed by atoms with van der Waals surface area (Å²) in [6, 6.07) is 3.19. The molecule has 1 N–H and O–H groups in total. The molecule has 2 rings (SSSR count). The second-order valence-electron chi connectivity index (χ2n) is 5.36. The molecule has 1 aliphatic rings. The molecule has 0 aromatic heterocycles. The van der Waals surface area contributed by atoms with Crippen LogP contribution in [0, 0.1) is 21.3 Å². The number of amides is 1. The van der Waals surface area contributed by atoms with Crippen molar-refractivity contribution in [3.05, 3.63) is 39.7 Å². The highest BCUT2D eigenvalue weighted by molar-refractivity contribution is 5.94. The van der Waals surface area contributed by atoms with Crippen LogP contribution in [-0.4, -0.2) is 17.4 Å². The Morgan fingerprint density at radius 1 is 1.50 bits per heavy atom. The van der Waals surface area contributed by atoms with Crippen molar-refractivity contribution in [2.45, 2.75) is 32.6 Å². The van der Waals surface area contributed by atoms with E-state index in [9.17, 15) is 19.3 Å². The number of halogens is 1. The van der Waals surface area contributed by atoms with Gasteiger partial charge in [-0.2, -0.15) is 4.39 Å². The van der Waals surface area contributed by atoms with Crippen LogP contribution in [0.3, 0.4) is 0 Å². The third kappa shape index (κ3) is 3.12. The predicted octanol–water partition coefficient (Wildman–Crippen LogP) is 3.04. The van der Waals surface area contributed by atoms with Gasteiger partial charge < -0.3 is 5.32 Å². The van der Waals surface area contributed by atoms with Gasteiger partial charge in [0, 0.05) is 18.2 Å². The summed E-state index contributed by atoms with van der Waals surface area (Å²) in [7, 11) is 0. The molecule has 0 aliphatic heterocycles. The zero-order chi connectivity index (χ0) is 14.8. The van der Waals surface area contributed by atoms with E-state index < -0.39 is 22.3 Å². The lowest BCUT2D eigenvalue weighted by Gasteiger charge is -2.14. The van der Waals surface area contributed by atoms with Crippen LogP contribution in [0.4, 0.5) is 10.1 Å². The van der Waals surface area contributed by atoms with Crippen LogP contribution >= 0.6 is 0 Å². The van der Waals surface area contributed by atoms with Gasteiger partial charge in [-0.25, -0.2) is 0 Å². The number of rotatable bonds is 6. The Morgan fingerprint density at radius 3 is 2.75 bits per heavy atom. The minimum atomic E-state index is -0.934. The maximum absolute atomic E-state index is 13.2. The average Bonchev–Trinajstić information content (AvgIpc) is 3.17. The average molecular weight is 280 g/mol. The number of nitro groups is 1. The summed E-state index contributed by atoms with van der Waals surface area (Å²) < 4.78 is 13.2. The van der Waals surface area contributed by atoms with E-state index in [2.05, 4.69) is 12.2 Å². The Hall–Kier alpha value is -1.98. The molecular weight excluding hydrogens is 263 g/mol. The highest BCUT2D eigenvalue weighted by Crippen LogP contribution is 2.48. The van der Waals surface area contributed by atoms with Crippen molar-refractivity contribution in [3.63, 3.8) is 0 Å². The van der Waals surface area contributed by atoms with Crippen LogP contribution in [0.25, 0.3) is 0 Å². The summed E-state index contributed by atoms with van der Waals surface area (Å²) in [5.41, 5.74) is -0.353. The fraction of sp³-hybridized carbons (Fsp3) is 0.500. The first-order valence-electron chi connectivity index (χ1n) is 6.69. The van der Waals surface area contributed by atoms with Gasteiger partial charge in [0.2, 0.25) is 5.82 Å². The van der Waals surface area contributed by atoms with E-state index in [1.54, 1.807) is 0 Å². The van der Waals surface area contributed by atoms with E-state index in [-0.39, 0.29) is 11.0 Å². The Morgan fingerprint density at radius 2 is 2.20 bits per heavy atom. The minimum absolute atomic E-state index is 0.116. The number of hydrogen-bond acceptors (Lipinski definition) is 3. The number of nitro benzene ring substituents is 1. The fourth-order valence-electron chi connectivity index (χ4n) is 2.39. The van der Waals surface area contributed by atoms with Crippen LogP contribution in [0.2, 0.25) is 0 Å². The third-order valence-electron chi connectivity index (χ3n) is 3.77. The van der Waals surface area contributed by atoms with Crippen molar-refractivity contribution in [2.24, 2.45) is 5.41 Å². The smallest absolute Gasteiger partial charge is 0.305 e. The Balaban J connectivity index is 2.03. The number of nitrogens with zero attached hydrogens (tertiary/aromatic N) is 1. The largest absolute Gasteiger partial charge is 0.351 e. The normalized spacial score (nSPS) is 15.7. The molecule has 0 radical (unpaired) electrons. The molecule has 1 aromatic carbocycles. The molecule has 0 atom stereocenters. The van der Waals surface area contributed by atoms with Gasteiger partial charge in [-0.15, -0.1) is 0 Å². The molecule has 1 aromatic rings. The van der Waals surface area contributed by atoms with E-state index in [4.69, 9.17) is 0 Å². The molecule has 20 heavy (non-hydrogen) atoms.